The van der Waals surface area contributed by atoms with Crippen LogP contribution in [0.4, 0.5) is 0 Å². The first-order chi connectivity index (χ1) is 9.31. The average Bonchev–Trinajstić information content (AvgIpc) is 2.36. The normalized spacial score (nSPS) is 11.7. The third kappa shape index (κ3) is 4.71. The molecule has 1 aromatic rings. The Balaban J connectivity index is 2.82. The maximum atomic E-state index is 11.9. The van der Waals surface area contributed by atoms with Crippen LogP contribution in [0.25, 0.3) is 0 Å². The van der Waals surface area contributed by atoms with Crippen molar-refractivity contribution in [2.75, 3.05) is 0 Å². The van der Waals surface area contributed by atoms with Gasteiger partial charge in [-0.25, -0.2) is 4.79 Å². The Morgan fingerprint density at radius 3 is 2.50 bits per heavy atom. The lowest BCUT2D eigenvalue weighted by atomic mass is 10.1. The van der Waals surface area contributed by atoms with Crippen LogP contribution in [0.15, 0.2) is 18.2 Å². The Morgan fingerprint density at radius 1 is 1.30 bits per heavy atom. The van der Waals surface area contributed by atoms with Gasteiger partial charge >= 0.3 is 5.97 Å². The summed E-state index contributed by atoms with van der Waals surface area (Å²) in [6.07, 6.45) is -0.255. The summed E-state index contributed by atoms with van der Waals surface area (Å²) in [6.45, 7) is 0. The van der Waals surface area contributed by atoms with Crippen molar-refractivity contribution in [2.45, 2.75) is 18.9 Å². The van der Waals surface area contributed by atoms with Gasteiger partial charge in [-0.05, 0) is 24.6 Å². The fourth-order valence-electron chi connectivity index (χ4n) is 1.45. The second-order valence-corrected chi connectivity index (χ2v) is 4.84. The summed E-state index contributed by atoms with van der Waals surface area (Å²) >= 11 is 11.6. The molecule has 0 aliphatic rings. The monoisotopic (exact) mass is 318 g/mol. The minimum absolute atomic E-state index is 0.0597. The van der Waals surface area contributed by atoms with E-state index in [-0.39, 0.29) is 23.4 Å². The van der Waals surface area contributed by atoms with E-state index in [1.54, 1.807) is 0 Å². The van der Waals surface area contributed by atoms with Crippen LogP contribution in [0, 0.1) is 0 Å². The molecule has 6 nitrogen and oxygen atoms in total. The maximum absolute atomic E-state index is 11.9. The molecule has 0 aliphatic carbocycles. The van der Waals surface area contributed by atoms with Crippen LogP contribution in [0.2, 0.25) is 10.0 Å². The van der Waals surface area contributed by atoms with Crippen molar-refractivity contribution in [2.24, 2.45) is 5.73 Å². The molecule has 0 saturated carbocycles. The van der Waals surface area contributed by atoms with E-state index in [4.69, 9.17) is 34.0 Å². The lowest BCUT2D eigenvalue weighted by Crippen LogP contribution is -2.41. The van der Waals surface area contributed by atoms with Gasteiger partial charge in [-0.3, -0.25) is 9.59 Å². The first kappa shape index (κ1) is 16.3. The number of nitrogens with two attached hydrogens (primary N) is 1. The average molecular weight is 319 g/mol. The molecule has 20 heavy (non-hydrogen) atoms. The summed E-state index contributed by atoms with van der Waals surface area (Å²) < 4.78 is 0. The number of aliphatic carboxylic acids is 1. The minimum Gasteiger partial charge on any atom is -0.480 e. The molecule has 0 fully saturated rings. The second-order valence-electron chi connectivity index (χ2n) is 3.99. The first-order valence-electron chi connectivity index (χ1n) is 5.58. The zero-order valence-corrected chi connectivity index (χ0v) is 11.7. The highest BCUT2D eigenvalue weighted by molar-refractivity contribution is 6.35. The van der Waals surface area contributed by atoms with Gasteiger partial charge < -0.3 is 16.2 Å². The number of primary amides is 1. The zero-order valence-electron chi connectivity index (χ0n) is 10.2. The summed E-state index contributed by atoms with van der Waals surface area (Å²) in [5.74, 6) is -2.60. The minimum atomic E-state index is -1.27. The molecule has 1 rings (SSSR count). The van der Waals surface area contributed by atoms with E-state index in [0.717, 1.165) is 0 Å². The van der Waals surface area contributed by atoms with Gasteiger partial charge in [0.2, 0.25) is 5.91 Å². The van der Waals surface area contributed by atoms with E-state index in [0.29, 0.717) is 5.02 Å². The van der Waals surface area contributed by atoms with Gasteiger partial charge in [-0.1, -0.05) is 23.2 Å². The quantitative estimate of drug-likeness (QED) is 0.737. The van der Waals surface area contributed by atoms with Crippen LogP contribution in [-0.2, 0) is 9.59 Å². The molecule has 0 radical (unpaired) electrons. The molecule has 1 aromatic carbocycles. The van der Waals surface area contributed by atoms with Gasteiger partial charge in [0.25, 0.3) is 5.91 Å². The number of hydrogen-bond acceptors (Lipinski definition) is 3. The number of carboxylic acids is 1. The Bertz CT molecular complexity index is 548. The number of nitrogens with one attached hydrogen (secondary N) is 1. The highest BCUT2D eigenvalue weighted by Gasteiger charge is 2.22. The second kappa shape index (κ2) is 7.12. The van der Waals surface area contributed by atoms with Crippen LogP contribution >= 0.6 is 23.2 Å². The molecule has 8 heteroatoms. The first-order valence-corrected chi connectivity index (χ1v) is 6.34. The Morgan fingerprint density at radius 2 is 1.95 bits per heavy atom. The molecule has 2 amide bonds. The Labute approximate surface area is 124 Å². The highest BCUT2D eigenvalue weighted by atomic mass is 35.5. The van der Waals surface area contributed by atoms with Gasteiger partial charge in [0, 0.05) is 11.4 Å². The van der Waals surface area contributed by atoms with E-state index in [9.17, 15) is 14.4 Å². The summed E-state index contributed by atoms with van der Waals surface area (Å²) in [7, 11) is 0. The summed E-state index contributed by atoms with van der Waals surface area (Å²) in [5, 5.41) is 11.7. The molecule has 0 aromatic heterocycles. The van der Waals surface area contributed by atoms with Crippen molar-refractivity contribution >= 4 is 41.0 Å². The number of carbonyl (C=O) groups excluding carboxylic acids is 2. The number of rotatable bonds is 6. The van der Waals surface area contributed by atoms with E-state index in [1.165, 1.54) is 18.2 Å². The highest BCUT2D eigenvalue weighted by Crippen LogP contribution is 2.20. The number of halogens is 2. The fourth-order valence-corrected chi connectivity index (χ4v) is 1.83. The van der Waals surface area contributed by atoms with Gasteiger partial charge in [0.15, 0.2) is 0 Å². The van der Waals surface area contributed by atoms with Crippen LogP contribution in [0.1, 0.15) is 23.2 Å². The van der Waals surface area contributed by atoms with Crippen LogP contribution in [0.3, 0.4) is 0 Å². The predicted octanol–water partition coefficient (Wildman–Crippen LogP) is 1.44. The fraction of sp³-hybridized carbons (Fsp3) is 0.250. The van der Waals surface area contributed by atoms with E-state index in [2.05, 4.69) is 5.32 Å². The van der Waals surface area contributed by atoms with Crippen LogP contribution < -0.4 is 11.1 Å². The number of carbonyl (C=O) groups is 3. The predicted molar refractivity (Wildman–Crippen MR) is 73.8 cm³/mol. The van der Waals surface area contributed by atoms with Gasteiger partial charge in [-0.2, -0.15) is 0 Å². The third-order valence-electron chi connectivity index (χ3n) is 2.46. The van der Waals surface area contributed by atoms with Gasteiger partial charge in [0.05, 0.1) is 10.6 Å². The third-order valence-corrected chi connectivity index (χ3v) is 3.02. The van der Waals surface area contributed by atoms with Gasteiger partial charge in [-0.15, -0.1) is 0 Å². The van der Waals surface area contributed by atoms with E-state index in [1.807, 2.05) is 0 Å². The summed E-state index contributed by atoms with van der Waals surface area (Å²) in [5.41, 5.74) is 5.00. The molecule has 0 heterocycles. The Kier molecular flexibility index (Phi) is 5.79. The van der Waals surface area contributed by atoms with Crippen LogP contribution in [-0.4, -0.2) is 28.9 Å². The molecular formula is C12H12Cl2N2O4. The topological polar surface area (TPSA) is 109 Å². The molecule has 4 N–H and O–H groups in total. The number of benzene rings is 1. The molecule has 0 aliphatic heterocycles. The van der Waals surface area contributed by atoms with Gasteiger partial charge in [0.1, 0.15) is 6.04 Å². The number of amides is 2. The van der Waals surface area contributed by atoms with Crippen molar-refractivity contribution in [3.05, 3.63) is 33.8 Å². The van der Waals surface area contributed by atoms with Crippen molar-refractivity contribution in [1.29, 1.82) is 0 Å². The number of hydrogen-bond donors (Lipinski definition) is 3. The molecule has 0 saturated heterocycles. The molecular weight excluding hydrogens is 307 g/mol. The summed E-state index contributed by atoms with van der Waals surface area (Å²) in [6, 6.07) is 3.03. The number of carboxylic acid groups (broad SMARTS) is 1. The maximum Gasteiger partial charge on any atom is 0.326 e. The molecule has 0 spiro atoms. The lowest BCUT2D eigenvalue weighted by Gasteiger charge is -2.14. The Hall–Kier alpha value is -1.79. The largest absolute Gasteiger partial charge is 0.480 e. The smallest absolute Gasteiger partial charge is 0.326 e. The molecule has 1 unspecified atom stereocenters. The zero-order chi connectivity index (χ0) is 15.3. The lowest BCUT2D eigenvalue weighted by molar-refractivity contribution is -0.139. The van der Waals surface area contributed by atoms with Crippen molar-refractivity contribution in [3.63, 3.8) is 0 Å². The van der Waals surface area contributed by atoms with Crippen molar-refractivity contribution in [3.8, 4) is 0 Å². The SMILES string of the molecule is NC(=O)CCC(NC(=O)c1cc(Cl)ccc1Cl)C(=O)O. The molecule has 1 atom stereocenters. The van der Waals surface area contributed by atoms with E-state index >= 15 is 0 Å². The van der Waals surface area contributed by atoms with Crippen molar-refractivity contribution < 1.29 is 19.5 Å². The van der Waals surface area contributed by atoms with Crippen LogP contribution in [0.5, 0.6) is 0 Å². The summed E-state index contributed by atoms with van der Waals surface area (Å²) in [4.78, 5) is 33.6. The molecule has 108 valence electrons. The molecule has 0 bridgehead atoms. The standard InChI is InChI=1S/C12H12Cl2N2O4/c13-6-1-2-8(14)7(5-6)11(18)16-9(12(19)20)3-4-10(15)17/h1-2,5,9H,3-4H2,(H2,15,17)(H,16,18)(H,19,20). The van der Waals surface area contributed by atoms with E-state index < -0.39 is 23.8 Å². The van der Waals surface area contributed by atoms with Crippen molar-refractivity contribution in [1.82, 2.24) is 5.32 Å².